The van der Waals surface area contributed by atoms with Crippen LogP contribution < -0.4 is 0 Å². The molecule has 0 unspecified atom stereocenters. The van der Waals surface area contributed by atoms with Crippen LogP contribution in [0.15, 0.2) is 48.6 Å². The molecule has 0 saturated heterocycles. The Morgan fingerprint density at radius 3 is 1.00 bits per heavy atom. The molecule has 0 heterocycles. The van der Waals surface area contributed by atoms with Crippen molar-refractivity contribution < 1.29 is 79.0 Å². The van der Waals surface area contributed by atoms with E-state index >= 15 is 0 Å². The maximum Gasteiger partial charge on any atom is 0.460 e. The summed E-state index contributed by atoms with van der Waals surface area (Å²) in [5.74, 6) is -39.9. The molecule has 0 saturated carbocycles. The van der Waals surface area contributed by atoms with Crippen LogP contribution in [-0.4, -0.2) is 47.9 Å². The largest absolute Gasteiger partial charge is 0.460 e. The number of hydrogen-bond acceptors (Lipinski definition) is 0. The molecule has 0 radical (unpaired) electrons. The van der Waals surface area contributed by atoms with Gasteiger partial charge in [-0.1, -0.05) is 48.6 Å². The Hall–Kier alpha value is -3.34. The Balaban J connectivity index is 1.85. The molecule has 0 nitrogen and oxygen atoms in total. The van der Waals surface area contributed by atoms with Crippen molar-refractivity contribution in [3.05, 3.63) is 70.8 Å². The van der Waals surface area contributed by atoms with Gasteiger partial charge in [0.1, 0.15) is 0 Å². The number of alkyl halides is 18. The second kappa shape index (κ2) is 10.1. The van der Waals surface area contributed by atoms with Crippen LogP contribution in [0.25, 0.3) is 23.3 Å². The molecule has 238 valence electrons. The van der Waals surface area contributed by atoms with Crippen molar-refractivity contribution >= 4 is 12.2 Å². The lowest BCUT2D eigenvalue weighted by atomic mass is 10.00. The maximum absolute atomic E-state index is 13.8. The zero-order valence-electron chi connectivity index (χ0n) is 20.3. The Morgan fingerprint density at radius 2 is 0.721 bits per heavy atom. The summed E-state index contributed by atoms with van der Waals surface area (Å²) in [5, 5.41) is 0. The first-order valence-electron chi connectivity index (χ1n) is 11.2. The summed E-state index contributed by atoms with van der Waals surface area (Å²) < 4.78 is 235. The van der Waals surface area contributed by atoms with Gasteiger partial charge in [-0.05, 0) is 52.0 Å². The van der Waals surface area contributed by atoms with Gasteiger partial charge in [-0.3, -0.25) is 0 Å². The van der Waals surface area contributed by atoms with Gasteiger partial charge in [0.05, 0.1) is 0 Å². The average molecular weight is 654 g/mol. The van der Waals surface area contributed by atoms with Crippen LogP contribution in [0.3, 0.4) is 0 Å². The summed E-state index contributed by atoms with van der Waals surface area (Å²) in [6.45, 7) is 0. The van der Waals surface area contributed by atoms with Gasteiger partial charge in [0.15, 0.2) is 0 Å². The van der Waals surface area contributed by atoms with E-state index in [0.717, 1.165) is 24.3 Å². The zero-order valence-corrected chi connectivity index (χ0v) is 20.3. The van der Waals surface area contributed by atoms with Crippen LogP contribution in [0, 0.1) is 0 Å². The lowest BCUT2D eigenvalue weighted by Gasteiger charge is -2.32. The Labute approximate surface area is 228 Å². The maximum atomic E-state index is 13.8. The predicted molar refractivity (Wildman–Crippen MR) is 115 cm³/mol. The number of halogens is 18. The Morgan fingerprint density at radius 1 is 0.419 bits per heavy atom. The molecule has 0 aromatic heterocycles. The smallest absolute Gasteiger partial charge is 0.195 e. The van der Waals surface area contributed by atoms with Crippen molar-refractivity contribution in [1.29, 1.82) is 0 Å². The van der Waals surface area contributed by atoms with Crippen LogP contribution in [0.4, 0.5) is 79.0 Å². The molecule has 0 fully saturated rings. The van der Waals surface area contributed by atoms with Gasteiger partial charge in [-0.2, -0.15) is 79.0 Å². The minimum absolute atomic E-state index is 0.136. The molecular weight excluding hydrogens is 642 g/mol. The van der Waals surface area contributed by atoms with Crippen molar-refractivity contribution in [2.24, 2.45) is 0 Å². The molecule has 0 bridgehead atoms. The summed E-state index contributed by atoms with van der Waals surface area (Å²) in [4.78, 5) is 0. The summed E-state index contributed by atoms with van der Waals surface area (Å²) in [6.07, 6.45) is -15.7. The summed E-state index contributed by atoms with van der Waals surface area (Å²) in [6, 6.07) is 6.32. The van der Waals surface area contributed by atoms with Crippen LogP contribution in [0.2, 0.25) is 0 Å². The molecule has 1 aliphatic rings. The SMILES string of the molecule is FC(F)(F)C(F)(F)C(F)(F)C(F)(F)/C=C/c1ccc2c(c1)Cc1cc(/C=C/C(F)(F)C(F)(F)C(F)(F)C(F)(F)F)ccc1-2. The van der Waals surface area contributed by atoms with E-state index in [9.17, 15) is 79.0 Å². The van der Waals surface area contributed by atoms with E-state index in [-0.39, 0.29) is 40.8 Å². The molecule has 3 rings (SSSR count). The number of benzene rings is 2. The molecule has 0 aliphatic heterocycles. The van der Waals surface area contributed by atoms with E-state index in [2.05, 4.69) is 0 Å². The van der Waals surface area contributed by atoms with E-state index in [0.29, 0.717) is 11.1 Å². The molecule has 0 amide bonds. The minimum atomic E-state index is -7.10. The normalized spacial score (nSPS) is 15.9. The van der Waals surface area contributed by atoms with Gasteiger partial charge in [-0.15, -0.1) is 0 Å². The van der Waals surface area contributed by atoms with E-state index in [1.54, 1.807) is 0 Å². The number of rotatable bonds is 8. The van der Waals surface area contributed by atoms with Crippen LogP contribution in [0.1, 0.15) is 22.3 Å². The Bertz CT molecular complexity index is 1320. The number of fused-ring (bicyclic) bond motifs is 3. The van der Waals surface area contributed by atoms with Crippen LogP contribution >= 0.6 is 0 Å². The first-order chi connectivity index (χ1) is 19.1. The van der Waals surface area contributed by atoms with Gasteiger partial charge in [0.2, 0.25) is 0 Å². The van der Waals surface area contributed by atoms with Crippen molar-refractivity contribution in [2.45, 2.75) is 54.3 Å². The molecule has 18 heteroatoms. The standard InChI is InChI=1S/C25H12F18/c26-18(27,20(30,31)22(34,35)24(38,39)40)7-5-12-1-3-16-14(9-12)11-15-10-13(2-4-17(15)16)6-8-19(28,29)21(32,33)23(36,37)25(41,42)43/h1-10H,11H2/b7-5+,8-6+. The van der Waals surface area contributed by atoms with Crippen molar-refractivity contribution in [2.75, 3.05) is 0 Å². The van der Waals surface area contributed by atoms with Gasteiger partial charge in [0, 0.05) is 0 Å². The average Bonchev–Trinajstić information content (AvgIpc) is 3.21. The fourth-order valence-electron chi connectivity index (χ4n) is 3.84. The lowest BCUT2D eigenvalue weighted by molar-refractivity contribution is -0.388. The molecule has 2 aromatic carbocycles. The first-order valence-corrected chi connectivity index (χ1v) is 11.2. The molecule has 43 heavy (non-hydrogen) atoms. The monoisotopic (exact) mass is 654 g/mol. The van der Waals surface area contributed by atoms with E-state index in [1.165, 1.54) is 12.1 Å². The second-order valence-corrected chi connectivity index (χ2v) is 9.22. The quantitative estimate of drug-likeness (QED) is 0.212. The molecule has 0 spiro atoms. The predicted octanol–water partition coefficient (Wildman–Crippen LogP) is 10.2. The van der Waals surface area contributed by atoms with Gasteiger partial charge in [-0.25, -0.2) is 0 Å². The third kappa shape index (κ3) is 5.56. The van der Waals surface area contributed by atoms with Crippen molar-refractivity contribution in [3.63, 3.8) is 0 Å². The second-order valence-electron chi connectivity index (χ2n) is 9.22. The molecular formula is C25H12F18. The highest BCUT2D eigenvalue weighted by atomic mass is 19.4. The van der Waals surface area contributed by atoms with Gasteiger partial charge in [0.25, 0.3) is 0 Å². The number of hydrogen-bond donors (Lipinski definition) is 0. The fourth-order valence-corrected chi connectivity index (χ4v) is 3.84. The minimum Gasteiger partial charge on any atom is -0.195 e. The highest BCUT2D eigenvalue weighted by molar-refractivity contribution is 5.79. The molecule has 0 atom stereocenters. The fraction of sp³-hybridized carbons (Fsp3) is 0.360. The summed E-state index contributed by atoms with van der Waals surface area (Å²) >= 11 is 0. The first kappa shape index (κ1) is 34.2. The lowest BCUT2D eigenvalue weighted by Crippen LogP contribution is -2.60. The molecule has 2 aromatic rings. The van der Waals surface area contributed by atoms with E-state index in [4.69, 9.17) is 0 Å². The van der Waals surface area contributed by atoms with E-state index in [1.807, 2.05) is 0 Å². The molecule has 1 aliphatic carbocycles. The van der Waals surface area contributed by atoms with E-state index < -0.39 is 60.0 Å². The number of allylic oxidation sites excluding steroid dienone is 2. The van der Waals surface area contributed by atoms with Crippen molar-refractivity contribution in [1.82, 2.24) is 0 Å². The van der Waals surface area contributed by atoms with Crippen LogP contribution in [0.5, 0.6) is 0 Å². The highest BCUT2D eigenvalue weighted by Gasteiger charge is 2.82. The zero-order chi connectivity index (χ0) is 33.2. The third-order valence-electron chi connectivity index (χ3n) is 6.24. The molecule has 0 N–H and O–H groups in total. The van der Waals surface area contributed by atoms with Gasteiger partial charge >= 0.3 is 47.9 Å². The summed E-state index contributed by atoms with van der Waals surface area (Å²) in [7, 11) is 0. The summed E-state index contributed by atoms with van der Waals surface area (Å²) in [5.41, 5.74) is 0.205. The Kier molecular flexibility index (Phi) is 8.03. The van der Waals surface area contributed by atoms with Crippen molar-refractivity contribution in [3.8, 4) is 11.1 Å². The highest BCUT2D eigenvalue weighted by Crippen LogP contribution is 2.55. The van der Waals surface area contributed by atoms with Crippen LogP contribution in [-0.2, 0) is 6.42 Å². The third-order valence-corrected chi connectivity index (χ3v) is 6.24. The van der Waals surface area contributed by atoms with Gasteiger partial charge < -0.3 is 0 Å². The topological polar surface area (TPSA) is 0 Å².